The molecule has 0 saturated carbocycles. The van der Waals surface area contributed by atoms with Crippen molar-refractivity contribution in [2.45, 2.75) is 37.3 Å². The van der Waals surface area contributed by atoms with E-state index in [2.05, 4.69) is 22.8 Å². The molecule has 2 atom stereocenters. The number of carboxylic acid groups (broad SMARTS) is 1. The first-order valence-electron chi connectivity index (χ1n) is 11.5. The van der Waals surface area contributed by atoms with Gasteiger partial charge in [-0.1, -0.05) is 55.5 Å². The fourth-order valence-electron chi connectivity index (χ4n) is 4.39. The summed E-state index contributed by atoms with van der Waals surface area (Å²) >= 11 is 0. The Hall–Kier alpha value is -3.43. The first kappa shape index (κ1) is 26.2. The smallest absolute Gasteiger partial charge is 0.408 e. The number of methoxy groups -OCH3 is 2. The Kier molecular flexibility index (Phi) is 8.84. The molecule has 2 amide bonds. The van der Waals surface area contributed by atoms with Crippen LogP contribution in [0.15, 0.2) is 48.5 Å². The summed E-state index contributed by atoms with van der Waals surface area (Å²) in [7, 11) is 2.80. The Balaban J connectivity index is 1.68. The molecule has 0 bridgehead atoms. The molecule has 3 N–H and O–H groups in total. The first-order valence-corrected chi connectivity index (χ1v) is 11.5. The van der Waals surface area contributed by atoms with Gasteiger partial charge in [-0.3, -0.25) is 9.59 Å². The molecule has 0 saturated heterocycles. The van der Waals surface area contributed by atoms with Gasteiger partial charge in [0.15, 0.2) is 0 Å². The number of aliphatic carboxylic acids is 1. The minimum atomic E-state index is -1.39. The number of fused-ring (bicyclic) bond motifs is 3. The summed E-state index contributed by atoms with van der Waals surface area (Å²) in [5.41, 5.74) is 3.02. The van der Waals surface area contributed by atoms with E-state index in [-0.39, 0.29) is 38.5 Å². The molecule has 0 aromatic heterocycles. The van der Waals surface area contributed by atoms with Gasteiger partial charge >= 0.3 is 12.1 Å². The highest BCUT2D eigenvalue weighted by molar-refractivity contribution is 5.90. The molecule has 0 radical (unpaired) electrons. The van der Waals surface area contributed by atoms with Crippen LogP contribution in [0.3, 0.4) is 0 Å². The van der Waals surface area contributed by atoms with Crippen molar-refractivity contribution in [3.8, 4) is 11.1 Å². The maximum atomic E-state index is 13.1. The molecule has 1 aliphatic rings. The van der Waals surface area contributed by atoms with Crippen LogP contribution < -0.4 is 10.6 Å². The first-order chi connectivity index (χ1) is 16.8. The lowest BCUT2D eigenvalue weighted by Crippen LogP contribution is -2.62. The van der Waals surface area contributed by atoms with E-state index < -0.39 is 29.6 Å². The second-order valence-electron chi connectivity index (χ2n) is 8.48. The predicted molar refractivity (Wildman–Crippen MR) is 129 cm³/mol. The third-order valence-electron chi connectivity index (χ3n) is 6.34. The Morgan fingerprint density at radius 1 is 1.03 bits per heavy atom. The van der Waals surface area contributed by atoms with Gasteiger partial charge in [0.05, 0.1) is 19.1 Å². The van der Waals surface area contributed by atoms with Crippen molar-refractivity contribution in [2.75, 3.05) is 34.0 Å². The number of benzene rings is 2. The minimum absolute atomic E-state index is 0.0283. The number of nitrogens with one attached hydrogen (secondary N) is 2. The quantitative estimate of drug-likeness (QED) is 0.423. The fourth-order valence-corrected chi connectivity index (χ4v) is 4.39. The van der Waals surface area contributed by atoms with E-state index in [1.807, 2.05) is 36.4 Å². The largest absolute Gasteiger partial charge is 0.481 e. The molecule has 35 heavy (non-hydrogen) atoms. The number of carboxylic acids is 1. The molecule has 0 fully saturated rings. The minimum Gasteiger partial charge on any atom is -0.481 e. The Morgan fingerprint density at radius 3 is 2.14 bits per heavy atom. The standard InChI is InChI=1S/C26H32N2O7/c1-4-26(16-33-2,24(31)27-14-17(34-3)13-23(29)30)28-25(32)35-15-22-20-11-7-5-9-18(20)19-10-6-8-12-21(19)22/h5-12,17,22H,4,13-16H2,1-3H3,(H,27,31)(H,28,32)(H,29,30). The molecule has 1 aliphatic carbocycles. The van der Waals surface area contributed by atoms with Crippen LogP contribution >= 0.6 is 0 Å². The fraction of sp³-hybridized carbons (Fsp3) is 0.423. The topological polar surface area (TPSA) is 123 Å². The molecule has 3 rings (SSSR count). The van der Waals surface area contributed by atoms with E-state index in [9.17, 15) is 14.4 Å². The third kappa shape index (κ3) is 5.98. The van der Waals surface area contributed by atoms with Crippen LogP contribution in [0.2, 0.25) is 0 Å². The van der Waals surface area contributed by atoms with Crippen LogP contribution in [-0.2, 0) is 23.8 Å². The van der Waals surface area contributed by atoms with Crippen molar-refractivity contribution >= 4 is 18.0 Å². The van der Waals surface area contributed by atoms with Crippen LogP contribution in [0.1, 0.15) is 36.8 Å². The summed E-state index contributed by atoms with van der Waals surface area (Å²) in [5, 5.41) is 14.3. The van der Waals surface area contributed by atoms with Crippen LogP contribution in [0.25, 0.3) is 11.1 Å². The highest BCUT2D eigenvalue weighted by Gasteiger charge is 2.40. The average molecular weight is 485 g/mol. The molecular weight excluding hydrogens is 452 g/mol. The van der Waals surface area contributed by atoms with Crippen LogP contribution in [-0.4, -0.2) is 68.7 Å². The van der Waals surface area contributed by atoms with Crippen LogP contribution in [0, 0.1) is 0 Å². The summed E-state index contributed by atoms with van der Waals surface area (Å²) in [5.74, 6) is -1.66. The van der Waals surface area contributed by atoms with Gasteiger partial charge in [0.2, 0.25) is 5.91 Å². The normalized spacial score (nSPS) is 14.8. The Morgan fingerprint density at radius 2 is 1.63 bits per heavy atom. The number of rotatable bonds is 12. The van der Waals surface area contributed by atoms with E-state index >= 15 is 0 Å². The zero-order valence-corrected chi connectivity index (χ0v) is 20.2. The number of hydrogen-bond donors (Lipinski definition) is 3. The summed E-state index contributed by atoms with van der Waals surface area (Å²) in [4.78, 5) is 36.9. The summed E-state index contributed by atoms with van der Waals surface area (Å²) in [6, 6.07) is 16.0. The van der Waals surface area contributed by atoms with E-state index in [1.165, 1.54) is 14.2 Å². The molecule has 2 unspecified atom stereocenters. The van der Waals surface area contributed by atoms with Crippen molar-refractivity contribution < 1.29 is 33.7 Å². The lowest BCUT2D eigenvalue weighted by Gasteiger charge is -2.32. The second-order valence-corrected chi connectivity index (χ2v) is 8.48. The van der Waals surface area contributed by atoms with E-state index in [4.69, 9.17) is 19.3 Å². The summed E-state index contributed by atoms with van der Waals surface area (Å²) in [6.45, 7) is 1.74. The van der Waals surface area contributed by atoms with Crippen molar-refractivity contribution in [3.63, 3.8) is 0 Å². The van der Waals surface area contributed by atoms with E-state index in [0.29, 0.717) is 0 Å². The number of alkyl carbamates (subject to hydrolysis) is 1. The number of hydrogen-bond acceptors (Lipinski definition) is 6. The number of ether oxygens (including phenoxy) is 3. The molecule has 9 nitrogen and oxygen atoms in total. The van der Waals surface area contributed by atoms with Gasteiger partial charge in [-0.15, -0.1) is 0 Å². The van der Waals surface area contributed by atoms with Gasteiger partial charge in [0, 0.05) is 26.7 Å². The molecule has 9 heteroatoms. The molecular formula is C26H32N2O7. The van der Waals surface area contributed by atoms with Gasteiger partial charge in [-0.05, 0) is 28.7 Å². The number of carbonyl (C=O) groups is 3. The molecule has 0 aliphatic heterocycles. The summed E-state index contributed by atoms with van der Waals surface area (Å²) in [6.07, 6.45) is -1.48. The van der Waals surface area contributed by atoms with Gasteiger partial charge in [0.25, 0.3) is 0 Å². The molecule has 2 aromatic rings. The summed E-state index contributed by atoms with van der Waals surface area (Å²) < 4.78 is 16.0. The van der Waals surface area contributed by atoms with Crippen LogP contribution in [0.4, 0.5) is 4.79 Å². The third-order valence-corrected chi connectivity index (χ3v) is 6.34. The monoisotopic (exact) mass is 484 g/mol. The number of carbonyl (C=O) groups excluding carboxylic acids is 2. The molecule has 188 valence electrons. The van der Waals surface area contributed by atoms with Crippen molar-refractivity contribution in [1.29, 1.82) is 0 Å². The average Bonchev–Trinajstić information content (AvgIpc) is 3.18. The zero-order valence-electron chi connectivity index (χ0n) is 20.2. The second kappa shape index (κ2) is 11.8. The maximum Gasteiger partial charge on any atom is 0.408 e. The van der Waals surface area contributed by atoms with Gasteiger partial charge < -0.3 is 30.0 Å². The van der Waals surface area contributed by atoms with E-state index in [0.717, 1.165) is 22.3 Å². The number of amides is 2. The molecule has 0 spiro atoms. The highest BCUT2D eigenvalue weighted by Crippen LogP contribution is 2.44. The van der Waals surface area contributed by atoms with Crippen molar-refractivity contribution in [1.82, 2.24) is 10.6 Å². The lowest BCUT2D eigenvalue weighted by atomic mass is 9.95. The molecule has 2 aromatic carbocycles. The van der Waals surface area contributed by atoms with Gasteiger partial charge in [-0.25, -0.2) is 4.79 Å². The zero-order chi connectivity index (χ0) is 25.4. The molecule has 0 heterocycles. The SMILES string of the molecule is CCC(COC)(NC(=O)OCC1c2ccccc2-c2ccccc21)C(=O)NCC(CC(=O)O)OC. The predicted octanol–water partition coefficient (Wildman–Crippen LogP) is 2.93. The van der Waals surface area contributed by atoms with Crippen molar-refractivity contribution in [2.24, 2.45) is 0 Å². The maximum absolute atomic E-state index is 13.1. The van der Waals surface area contributed by atoms with Gasteiger partial charge in [-0.2, -0.15) is 0 Å². The van der Waals surface area contributed by atoms with Crippen LogP contribution in [0.5, 0.6) is 0 Å². The lowest BCUT2D eigenvalue weighted by molar-refractivity contribution is -0.140. The highest BCUT2D eigenvalue weighted by atomic mass is 16.5. The van der Waals surface area contributed by atoms with Crippen molar-refractivity contribution in [3.05, 3.63) is 59.7 Å². The van der Waals surface area contributed by atoms with Gasteiger partial charge in [0.1, 0.15) is 12.1 Å². The Bertz CT molecular complexity index is 1010. The Labute approximate surface area is 204 Å². The van der Waals surface area contributed by atoms with E-state index in [1.54, 1.807) is 6.92 Å².